The highest BCUT2D eigenvalue weighted by atomic mass is 32.2. The summed E-state index contributed by atoms with van der Waals surface area (Å²) >= 11 is 0. The van der Waals surface area contributed by atoms with Crippen LogP contribution in [0.3, 0.4) is 0 Å². The highest BCUT2D eigenvalue weighted by Gasteiger charge is 2.26. The molecule has 0 saturated heterocycles. The van der Waals surface area contributed by atoms with Crippen LogP contribution in [0, 0.1) is 0 Å². The molecule has 1 heterocycles. The van der Waals surface area contributed by atoms with Crippen molar-refractivity contribution < 1.29 is 31.6 Å². The van der Waals surface area contributed by atoms with Crippen molar-refractivity contribution >= 4 is 32.0 Å². The molecule has 5 N–H and O–H groups in total. The molecule has 4 aromatic rings. The number of nitrogens with zero attached hydrogens (tertiary/aromatic N) is 3. The number of nitrogens with one attached hydrogen (secondary N) is 4. The van der Waals surface area contributed by atoms with Crippen molar-refractivity contribution in [2.45, 2.75) is 28.8 Å². The summed E-state index contributed by atoms with van der Waals surface area (Å²) in [6.45, 7) is -0.137. The maximum atomic E-state index is 12.9. The average Bonchev–Trinajstić information content (AvgIpc) is 3.45. The van der Waals surface area contributed by atoms with Gasteiger partial charge in [0.1, 0.15) is 11.7 Å². The van der Waals surface area contributed by atoms with Crippen LogP contribution in [0.25, 0.3) is 5.69 Å². The summed E-state index contributed by atoms with van der Waals surface area (Å²) in [4.78, 5) is 24.0. The van der Waals surface area contributed by atoms with E-state index in [4.69, 9.17) is 5.21 Å². The van der Waals surface area contributed by atoms with Gasteiger partial charge in [0, 0.05) is 0 Å². The highest BCUT2D eigenvalue weighted by Crippen LogP contribution is 2.15. The van der Waals surface area contributed by atoms with Gasteiger partial charge in [0.2, 0.25) is 10.0 Å². The summed E-state index contributed by atoms with van der Waals surface area (Å²) in [6.07, 6.45) is 1.48. The molecule has 3 amide bonds. The molecule has 0 bridgehead atoms. The molecule has 0 radical (unpaired) electrons. The van der Waals surface area contributed by atoms with Gasteiger partial charge in [-0.15, -0.1) is 5.10 Å². The lowest BCUT2D eigenvalue weighted by atomic mass is 10.1. The second-order valence-electron chi connectivity index (χ2n) is 8.59. The fourth-order valence-corrected chi connectivity index (χ4v) is 5.79. The van der Waals surface area contributed by atoms with Gasteiger partial charge in [-0.1, -0.05) is 53.7 Å². The Bertz CT molecular complexity index is 1710. The third-order valence-corrected chi connectivity index (χ3v) is 8.50. The first-order chi connectivity index (χ1) is 19.6. The molecule has 0 spiro atoms. The van der Waals surface area contributed by atoms with Gasteiger partial charge < -0.3 is 5.32 Å². The van der Waals surface area contributed by atoms with E-state index in [0.717, 1.165) is 0 Å². The number of carbonyl (C=O) groups excluding carboxylic acids is 2. The van der Waals surface area contributed by atoms with E-state index in [1.807, 2.05) is 4.72 Å². The van der Waals surface area contributed by atoms with Crippen LogP contribution in [0.1, 0.15) is 11.3 Å². The van der Waals surface area contributed by atoms with Crippen LogP contribution in [-0.4, -0.2) is 55.0 Å². The SMILES string of the molecule is O=C(NCc1cn(-c2ccc(S(=O)(=O)NC(Cc3ccccc3)C(=O)NO)cc2)nn1)NS(=O)(=O)c1ccccc1. The van der Waals surface area contributed by atoms with E-state index in [-0.39, 0.29) is 22.8 Å². The first kappa shape index (κ1) is 29.3. The summed E-state index contributed by atoms with van der Waals surface area (Å²) in [7, 11) is -8.19. The molecule has 3 aromatic carbocycles. The predicted octanol–water partition coefficient (Wildman–Crippen LogP) is 0.850. The fraction of sp³-hybridized carbons (Fsp3) is 0.120. The number of rotatable bonds is 11. The molecule has 14 nitrogen and oxygen atoms in total. The molecule has 0 aliphatic carbocycles. The molecule has 16 heteroatoms. The van der Waals surface area contributed by atoms with Gasteiger partial charge in [0.05, 0.1) is 28.2 Å². The van der Waals surface area contributed by atoms with Gasteiger partial charge in [-0.3, -0.25) is 10.0 Å². The minimum Gasteiger partial charge on any atom is -0.332 e. The Labute approximate surface area is 235 Å². The smallest absolute Gasteiger partial charge is 0.329 e. The van der Waals surface area contributed by atoms with Crippen molar-refractivity contribution in [1.82, 2.24) is 35.2 Å². The molecule has 1 aromatic heterocycles. The third kappa shape index (κ3) is 7.73. The predicted molar refractivity (Wildman–Crippen MR) is 145 cm³/mol. The Hall–Kier alpha value is -4.64. The van der Waals surface area contributed by atoms with Gasteiger partial charge in [-0.2, -0.15) is 4.72 Å². The molecule has 214 valence electrons. The zero-order valence-corrected chi connectivity index (χ0v) is 22.8. The lowest BCUT2D eigenvalue weighted by Gasteiger charge is -2.17. The number of urea groups is 1. The van der Waals surface area contributed by atoms with Gasteiger partial charge in [-0.05, 0) is 48.4 Å². The highest BCUT2D eigenvalue weighted by molar-refractivity contribution is 7.90. The fourth-order valence-electron chi connectivity index (χ4n) is 3.64. The molecule has 1 unspecified atom stereocenters. The van der Waals surface area contributed by atoms with Crippen LogP contribution in [0.2, 0.25) is 0 Å². The maximum Gasteiger partial charge on any atom is 0.329 e. The van der Waals surface area contributed by atoms with E-state index in [1.165, 1.54) is 64.9 Å². The second kappa shape index (κ2) is 12.7. The van der Waals surface area contributed by atoms with Gasteiger partial charge in [-0.25, -0.2) is 36.5 Å². The lowest BCUT2D eigenvalue weighted by Crippen LogP contribution is -2.47. The monoisotopic (exact) mass is 599 g/mol. The van der Waals surface area contributed by atoms with Crippen molar-refractivity contribution in [3.8, 4) is 5.69 Å². The summed E-state index contributed by atoms with van der Waals surface area (Å²) in [5.74, 6) is -0.913. The normalized spacial score (nSPS) is 12.3. The zero-order valence-electron chi connectivity index (χ0n) is 21.2. The number of hydroxylamine groups is 1. The third-order valence-electron chi connectivity index (χ3n) is 5.67. The summed E-state index contributed by atoms with van der Waals surface area (Å²) in [5.41, 5.74) is 2.91. The van der Waals surface area contributed by atoms with Crippen LogP contribution >= 0.6 is 0 Å². The van der Waals surface area contributed by atoms with E-state index in [1.54, 1.807) is 36.4 Å². The van der Waals surface area contributed by atoms with Crippen LogP contribution in [-0.2, 0) is 37.8 Å². The zero-order chi connectivity index (χ0) is 29.5. The minimum absolute atomic E-state index is 0.0104. The van der Waals surface area contributed by atoms with Crippen LogP contribution in [0.4, 0.5) is 4.79 Å². The Balaban J connectivity index is 1.38. The molecule has 0 fully saturated rings. The second-order valence-corrected chi connectivity index (χ2v) is 12.0. The number of aromatic nitrogens is 3. The Kier molecular flexibility index (Phi) is 9.08. The molecule has 1 atom stereocenters. The maximum absolute atomic E-state index is 12.9. The summed E-state index contributed by atoms with van der Waals surface area (Å²) in [5, 5.41) is 19.3. The van der Waals surface area contributed by atoms with Crippen LogP contribution < -0.4 is 20.2 Å². The van der Waals surface area contributed by atoms with Crippen LogP contribution in [0.15, 0.2) is 101 Å². The van der Waals surface area contributed by atoms with E-state index in [9.17, 15) is 26.4 Å². The molecule has 0 aliphatic rings. The van der Waals surface area contributed by atoms with Gasteiger partial charge >= 0.3 is 6.03 Å². The van der Waals surface area contributed by atoms with E-state index in [0.29, 0.717) is 16.9 Å². The number of sulfonamides is 2. The standard InChI is InChI=1S/C25H25N7O7S2/c33-24(28-35)23(15-18-7-3-1-4-8-18)29-40(36,37)22-13-11-20(12-14-22)32-17-19(27-31-32)16-26-25(34)30-41(38,39)21-9-5-2-6-10-21/h1-14,17,23,29,35H,15-16H2,(H,28,33)(H2,26,30,34). The number of carbonyl (C=O) groups is 2. The van der Waals surface area contributed by atoms with Crippen molar-refractivity contribution in [3.05, 3.63) is 102 Å². The lowest BCUT2D eigenvalue weighted by molar-refractivity contribution is -0.130. The Morgan fingerprint density at radius 2 is 1.44 bits per heavy atom. The first-order valence-corrected chi connectivity index (χ1v) is 14.9. The van der Waals surface area contributed by atoms with E-state index >= 15 is 0 Å². The van der Waals surface area contributed by atoms with E-state index < -0.39 is 38.0 Å². The summed E-state index contributed by atoms with van der Waals surface area (Å²) < 4.78 is 55.9. The molecule has 41 heavy (non-hydrogen) atoms. The number of hydrogen-bond acceptors (Lipinski definition) is 9. The molecular weight excluding hydrogens is 574 g/mol. The summed E-state index contributed by atoms with van der Waals surface area (Å²) in [6, 6.07) is 19.4. The Morgan fingerprint density at radius 3 is 2.07 bits per heavy atom. The molecule has 4 rings (SSSR count). The van der Waals surface area contributed by atoms with Crippen molar-refractivity contribution in [2.24, 2.45) is 0 Å². The number of hydrogen-bond donors (Lipinski definition) is 5. The van der Waals surface area contributed by atoms with Crippen LogP contribution in [0.5, 0.6) is 0 Å². The minimum atomic E-state index is -4.15. The van der Waals surface area contributed by atoms with Crippen molar-refractivity contribution in [2.75, 3.05) is 0 Å². The quantitative estimate of drug-likeness (QED) is 0.122. The molecule has 0 saturated carbocycles. The topological polar surface area (TPSA) is 201 Å². The Morgan fingerprint density at radius 1 is 0.829 bits per heavy atom. The molecular formula is C25H25N7O7S2. The average molecular weight is 600 g/mol. The largest absolute Gasteiger partial charge is 0.332 e. The van der Waals surface area contributed by atoms with Gasteiger partial charge in [0.15, 0.2) is 0 Å². The van der Waals surface area contributed by atoms with E-state index in [2.05, 4.69) is 20.4 Å². The van der Waals surface area contributed by atoms with Crippen molar-refractivity contribution in [1.29, 1.82) is 0 Å². The first-order valence-electron chi connectivity index (χ1n) is 11.9. The van der Waals surface area contributed by atoms with Gasteiger partial charge in [0.25, 0.3) is 15.9 Å². The number of amides is 3. The molecule has 0 aliphatic heterocycles. The van der Waals surface area contributed by atoms with Crippen molar-refractivity contribution in [3.63, 3.8) is 0 Å². The number of benzene rings is 3.